The van der Waals surface area contributed by atoms with E-state index in [9.17, 15) is 5.11 Å². The lowest BCUT2D eigenvalue weighted by Gasteiger charge is -2.11. The molecule has 5 rings (SSSR count). The molecule has 1 aromatic heterocycles. The van der Waals surface area contributed by atoms with Gasteiger partial charge in [0.2, 0.25) is 0 Å². The molecule has 0 bridgehead atoms. The Morgan fingerprint density at radius 2 is 1.78 bits per heavy atom. The predicted octanol–water partition coefficient (Wildman–Crippen LogP) is 5.15. The van der Waals surface area contributed by atoms with E-state index in [0.717, 1.165) is 51.1 Å². The van der Waals surface area contributed by atoms with Gasteiger partial charge in [-0.1, -0.05) is 35.9 Å². The Balaban J connectivity index is 0.00000245. The summed E-state index contributed by atoms with van der Waals surface area (Å²) in [5.41, 5.74) is 8.16. The average Bonchev–Trinajstić information content (AvgIpc) is 3.38. The standard InChI is InChI=1S/C25H24ClN3O2.ClH/c26-21-7-6-19(24-20(21)14-28-25(24)31)23-12-17-11-16(3-8-22(17)29-23)13-27-18-4-1-15(2-5-18)9-10-30;/h1-8,11-12,25,27-31H,9-10,13-14H2;1H. The van der Waals surface area contributed by atoms with E-state index in [0.29, 0.717) is 18.0 Å². The molecular weight excluding hydrogens is 445 g/mol. The molecule has 1 unspecified atom stereocenters. The molecule has 0 saturated carbocycles. The Morgan fingerprint density at radius 3 is 2.56 bits per heavy atom. The summed E-state index contributed by atoms with van der Waals surface area (Å²) in [6, 6.07) is 20.5. The highest BCUT2D eigenvalue weighted by Crippen LogP contribution is 2.38. The normalized spacial score (nSPS) is 14.9. The number of fused-ring (bicyclic) bond motifs is 2. The Bertz CT molecular complexity index is 1240. The van der Waals surface area contributed by atoms with Crippen LogP contribution in [0.1, 0.15) is 28.5 Å². The van der Waals surface area contributed by atoms with Gasteiger partial charge < -0.3 is 20.5 Å². The molecule has 4 aromatic rings. The van der Waals surface area contributed by atoms with Crippen LogP contribution >= 0.6 is 24.0 Å². The van der Waals surface area contributed by atoms with Crippen LogP contribution in [0.5, 0.6) is 0 Å². The number of aliphatic hydroxyl groups excluding tert-OH is 2. The number of H-pyrrole nitrogens is 1. The first-order valence-electron chi connectivity index (χ1n) is 10.4. The van der Waals surface area contributed by atoms with E-state index in [-0.39, 0.29) is 19.0 Å². The fourth-order valence-corrected chi connectivity index (χ4v) is 4.46. The minimum atomic E-state index is -0.710. The monoisotopic (exact) mass is 469 g/mol. The number of anilines is 1. The van der Waals surface area contributed by atoms with Crippen molar-refractivity contribution in [1.82, 2.24) is 10.3 Å². The summed E-state index contributed by atoms with van der Waals surface area (Å²) >= 11 is 6.32. The predicted molar refractivity (Wildman–Crippen MR) is 132 cm³/mol. The zero-order chi connectivity index (χ0) is 21.4. The third kappa shape index (κ3) is 4.35. The van der Waals surface area contributed by atoms with Gasteiger partial charge in [-0.05, 0) is 59.5 Å². The van der Waals surface area contributed by atoms with Crippen LogP contribution in [0.4, 0.5) is 5.69 Å². The van der Waals surface area contributed by atoms with Crippen LogP contribution in [-0.4, -0.2) is 21.8 Å². The number of aromatic nitrogens is 1. The van der Waals surface area contributed by atoms with Gasteiger partial charge in [-0.15, -0.1) is 12.4 Å². The first-order valence-corrected chi connectivity index (χ1v) is 10.8. The smallest absolute Gasteiger partial charge is 0.132 e. The highest BCUT2D eigenvalue weighted by molar-refractivity contribution is 6.31. The largest absolute Gasteiger partial charge is 0.396 e. The maximum Gasteiger partial charge on any atom is 0.132 e. The lowest BCUT2D eigenvalue weighted by molar-refractivity contribution is 0.152. The fraction of sp³-hybridized carbons (Fsp3) is 0.200. The van der Waals surface area contributed by atoms with Gasteiger partial charge in [-0.3, -0.25) is 5.32 Å². The average molecular weight is 470 g/mol. The summed E-state index contributed by atoms with van der Waals surface area (Å²) < 4.78 is 0. The molecule has 1 aliphatic rings. The van der Waals surface area contributed by atoms with Gasteiger partial charge in [0.05, 0.1) is 0 Å². The van der Waals surface area contributed by atoms with Gasteiger partial charge in [0.25, 0.3) is 0 Å². The summed E-state index contributed by atoms with van der Waals surface area (Å²) in [4.78, 5) is 3.48. The van der Waals surface area contributed by atoms with Gasteiger partial charge in [0.1, 0.15) is 6.23 Å². The van der Waals surface area contributed by atoms with Crippen molar-refractivity contribution in [2.75, 3.05) is 11.9 Å². The molecule has 0 radical (unpaired) electrons. The van der Waals surface area contributed by atoms with E-state index >= 15 is 0 Å². The Labute approximate surface area is 197 Å². The lowest BCUT2D eigenvalue weighted by atomic mass is 10.00. The van der Waals surface area contributed by atoms with Crippen LogP contribution in [0.3, 0.4) is 0 Å². The third-order valence-electron chi connectivity index (χ3n) is 5.87. The number of aromatic amines is 1. The topological polar surface area (TPSA) is 80.3 Å². The molecular formula is C25H25Cl2N3O2. The molecule has 32 heavy (non-hydrogen) atoms. The van der Waals surface area contributed by atoms with E-state index in [2.05, 4.69) is 39.9 Å². The minimum Gasteiger partial charge on any atom is -0.396 e. The second kappa shape index (κ2) is 9.53. The molecule has 0 saturated heterocycles. The van der Waals surface area contributed by atoms with Crippen molar-refractivity contribution in [2.24, 2.45) is 0 Å². The maximum atomic E-state index is 10.4. The molecule has 5 nitrogen and oxygen atoms in total. The molecule has 166 valence electrons. The zero-order valence-corrected chi connectivity index (χ0v) is 18.9. The van der Waals surface area contributed by atoms with Gasteiger partial charge >= 0.3 is 0 Å². The first-order chi connectivity index (χ1) is 15.1. The molecule has 3 aromatic carbocycles. The molecule has 5 N–H and O–H groups in total. The second-order valence-corrected chi connectivity index (χ2v) is 8.31. The van der Waals surface area contributed by atoms with Gasteiger partial charge in [0.15, 0.2) is 0 Å². The number of nitrogens with one attached hydrogen (secondary N) is 3. The van der Waals surface area contributed by atoms with Crippen LogP contribution < -0.4 is 10.6 Å². The van der Waals surface area contributed by atoms with Crippen molar-refractivity contribution in [2.45, 2.75) is 25.7 Å². The SMILES string of the molecule is Cl.OCCc1ccc(NCc2ccc3[nH]c(-c4ccc(Cl)c5c4C(O)NC5)cc3c2)cc1. The molecule has 0 fully saturated rings. The third-order valence-corrected chi connectivity index (χ3v) is 6.23. The summed E-state index contributed by atoms with van der Waals surface area (Å²) in [6.07, 6.45) is -0.0323. The highest BCUT2D eigenvalue weighted by atomic mass is 35.5. The number of hydrogen-bond acceptors (Lipinski definition) is 4. The van der Waals surface area contributed by atoms with Crippen molar-refractivity contribution in [3.8, 4) is 11.3 Å². The Hall–Kier alpha value is -2.54. The molecule has 0 amide bonds. The second-order valence-electron chi connectivity index (χ2n) is 7.90. The Kier molecular flexibility index (Phi) is 6.74. The maximum absolute atomic E-state index is 10.4. The van der Waals surface area contributed by atoms with E-state index in [1.807, 2.05) is 36.4 Å². The van der Waals surface area contributed by atoms with Crippen molar-refractivity contribution in [1.29, 1.82) is 0 Å². The first kappa shape index (κ1) is 22.6. The van der Waals surface area contributed by atoms with Crippen LogP contribution in [0, 0.1) is 0 Å². The van der Waals surface area contributed by atoms with Crippen LogP contribution in [0.15, 0.2) is 60.7 Å². The number of benzene rings is 3. The molecule has 1 aliphatic heterocycles. The van der Waals surface area contributed by atoms with Gasteiger partial charge in [-0.2, -0.15) is 0 Å². The quantitative estimate of drug-likeness (QED) is 0.270. The minimum absolute atomic E-state index is 0. The van der Waals surface area contributed by atoms with E-state index < -0.39 is 6.23 Å². The summed E-state index contributed by atoms with van der Waals surface area (Å²) in [5.74, 6) is 0. The molecule has 0 aliphatic carbocycles. The number of rotatable bonds is 6. The number of aliphatic hydroxyl groups is 2. The van der Waals surface area contributed by atoms with Crippen LogP contribution in [0.2, 0.25) is 5.02 Å². The van der Waals surface area contributed by atoms with Gasteiger partial charge in [-0.25, -0.2) is 0 Å². The van der Waals surface area contributed by atoms with Crippen molar-refractivity contribution in [3.05, 3.63) is 87.9 Å². The zero-order valence-electron chi connectivity index (χ0n) is 17.4. The summed E-state index contributed by atoms with van der Waals surface area (Å²) in [5, 5.41) is 27.7. The number of hydrogen-bond donors (Lipinski definition) is 5. The molecule has 7 heteroatoms. The molecule has 1 atom stereocenters. The van der Waals surface area contributed by atoms with Crippen molar-refractivity contribution in [3.63, 3.8) is 0 Å². The highest BCUT2D eigenvalue weighted by Gasteiger charge is 2.26. The van der Waals surface area contributed by atoms with Gasteiger partial charge in [0, 0.05) is 58.1 Å². The molecule has 2 heterocycles. The molecule has 0 spiro atoms. The number of halogens is 2. The Morgan fingerprint density at radius 1 is 1.00 bits per heavy atom. The van der Waals surface area contributed by atoms with Crippen molar-refractivity contribution >= 4 is 40.6 Å². The van der Waals surface area contributed by atoms with E-state index in [4.69, 9.17) is 16.7 Å². The van der Waals surface area contributed by atoms with Crippen molar-refractivity contribution < 1.29 is 10.2 Å². The summed E-state index contributed by atoms with van der Waals surface area (Å²) in [6.45, 7) is 1.45. The van der Waals surface area contributed by atoms with E-state index in [1.54, 1.807) is 0 Å². The fourth-order valence-electron chi connectivity index (χ4n) is 4.23. The lowest BCUT2D eigenvalue weighted by Crippen LogP contribution is -2.10. The van der Waals surface area contributed by atoms with E-state index in [1.165, 1.54) is 5.56 Å². The van der Waals surface area contributed by atoms with Crippen LogP contribution in [0.25, 0.3) is 22.2 Å². The summed E-state index contributed by atoms with van der Waals surface area (Å²) in [7, 11) is 0. The van der Waals surface area contributed by atoms with Crippen LogP contribution in [-0.2, 0) is 19.5 Å².